The van der Waals surface area contributed by atoms with E-state index in [4.69, 9.17) is 14.9 Å². The third kappa shape index (κ3) is 4.31. The molecular formula is C24H26N2O6. The summed E-state index contributed by atoms with van der Waals surface area (Å²) in [6.07, 6.45) is 1.37. The second-order valence-electron chi connectivity index (χ2n) is 8.40. The highest BCUT2D eigenvalue weighted by molar-refractivity contribution is 5.85. The molecule has 0 radical (unpaired) electrons. The zero-order valence-corrected chi connectivity index (χ0v) is 17.5. The Morgan fingerprint density at radius 1 is 1.03 bits per heavy atom. The third-order valence-corrected chi connectivity index (χ3v) is 6.34. The highest BCUT2D eigenvalue weighted by atomic mass is 16.5. The number of carboxylic acid groups (broad SMARTS) is 1. The fourth-order valence-corrected chi connectivity index (χ4v) is 4.54. The number of aliphatic hydroxyl groups excluding tert-OH is 1. The highest BCUT2D eigenvalue weighted by Crippen LogP contribution is 2.44. The number of aliphatic hydroxyl groups is 1. The zero-order chi connectivity index (χ0) is 22.7. The Hall–Kier alpha value is -3.39. The molecule has 0 heterocycles. The first kappa shape index (κ1) is 21.8. The van der Waals surface area contributed by atoms with Gasteiger partial charge in [0.1, 0.15) is 12.6 Å². The van der Waals surface area contributed by atoms with Gasteiger partial charge in [-0.3, -0.25) is 4.79 Å². The maximum Gasteiger partial charge on any atom is 0.407 e. The van der Waals surface area contributed by atoms with Gasteiger partial charge in [0.25, 0.3) is 0 Å². The van der Waals surface area contributed by atoms with Crippen LogP contribution in [-0.2, 0) is 14.3 Å². The summed E-state index contributed by atoms with van der Waals surface area (Å²) in [6.45, 7) is -0.526. The summed E-state index contributed by atoms with van der Waals surface area (Å²) in [5.41, 5.74) is 3.75. The van der Waals surface area contributed by atoms with Crippen LogP contribution in [0.25, 0.3) is 11.1 Å². The molecule has 168 valence electrons. The number of hydrogen-bond donors (Lipinski definition) is 4. The van der Waals surface area contributed by atoms with E-state index in [1.807, 2.05) is 36.4 Å². The zero-order valence-electron chi connectivity index (χ0n) is 17.5. The van der Waals surface area contributed by atoms with Crippen LogP contribution in [0.3, 0.4) is 0 Å². The second kappa shape index (κ2) is 9.00. The smallest absolute Gasteiger partial charge is 0.407 e. The van der Waals surface area contributed by atoms with E-state index >= 15 is 0 Å². The van der Waals surface area contributed by atoms with Crippen molar-refractivity contribution < 1.29 is 29.3 Å². The van der Waals surface area contributed by atoms with Gasteiger partial charge < -0.3 is 25.6 Å². The molecule has 0 saturated heterocycles. The van der Waals surface area contributed by atoms with Crippen LogP contribution in [-0.4, -0.2) is 53.0 Å². The van der Waals surface area contributed by atoms with Crippen molar-refractivity contribution in [3.8, 4) is 11.1 Å². The monoisotopic (exact) mass is 438 g/mol. The minimum atomic E-state index is -1.37. The molecule has 0 unspecified atom stereocenters. The predicted molar refractivity (Wildman–Crippen MR) is 116 cm³/mol. The van der Waals surface area contributed by atoms with Crippen LogP contribution in [0.15, 0.2) is 48.5 Å². The lowest BCUT2D eigenvalue weighted by Crippen LogP contribution is -2.57. The molecule has 2 aromatic carbocycles. The molecule has 1 atom stereocenters. The number of carbonyl (C=O) groups is 3. The summed E-state index contributed by atoms with van der Waals surface area (Å²) in [5.74, 6) is -1.91. The third-order valence-electron chi connectivity index (χ3n) is 6.34. The van der Waals surface area contributed by atoms with Crippen LogP contribution in [0.5, 0.6) is 0 Å². The largest absolute Gasteiger partial charge is 0.480 e. The summed E-state index contributed by atoms with van der Waals surface area (Å²) in [5, 5.41) is 23.2. The van der Waals surface area contributed by atoms with Gasteiger partial charge in [-0.15, -0.1) is 0 Å². The Balaban J connectivity index is 1.37. The van der Waals surface area contributed by atoms with Gasteiger partial charge in [-0.05, 0) is 41.5 Å². The second-order valence-corrected chi connectivity index (χ2v) is 8.40. The van der Waals surface area contributed by atoms with E-state index in [9.17, 15) is 14.4 Å². The number of rotatable bonds is 8. The Kier molecular flexibility index (Phi) is 6.14. The summed E-state index contributed by atoms with van der Waals surface area (Å²) < 4.78 is 5.58. The molecule has 2 aliphatic carbocycles. The first-order valence-corrected chi connectivity index (χ1v) is 10.7. The average molecular weight is 438 g/mol. The maximum atomic E-state index is 12.6. The van der Waals surface area contributed by atoms with Crippen molar-refractivity contribution in [2.75, 3.05) is 13.2 Å². The van der Waals surface area contributed by atoms with Gasteiger partial charge in [-0.1, -0.05) is 48.5 Å². The number of ether oxygens (including phenoxy) is 1. The number of carboxylic acids is 1. The normalized spacial score (nSPS) is 16.8. The lowest BCUT2D eigenvalue weighted by atomic mass is 9.74. The van der Waals surface area contributed by atoms with Gasteiger partial charge in [-0.2, -0.15) is 0 Å². The van der Waals surface area contributed by atoms with Crippen molar-refractivity contribution >= 4 is 18.0 Å². The van der Waals surface area contributed by atoms with Crippen LogP contribution in [0.4, 0.5) is 4.79 Å². The SMILES string of the molecule is O=C(CC1(NC(=O)OCC2c3ccccc3-c3ccccc32)CCC1)N[C@H](CO)C(=O)O. The molecule has 2 amide bonds. The van der Waals surface area contributed by atoms with Crippen molar-refractivity contribution in [3.05, 3.63) is 59.7 Å². The van der Waals surface area contributed by atoms with E-state index in [0.29, 0.717) is 12.8 Å². The van der Waals surface area contributed by atoms with Gasteiger partial charge >= 0.3 is 12.1 Å². The van der Waals surface area contributed by atoms with E-state index in [0.717, 1.165) is 28.7 Å². The van der Waals surface area contributed by atoms with E-state index in [-0.39, 0.29) is 18.9 Å². The number of benzene rings is 2. The summed E-state index contributed by atoms with van der Waals surface area (Å²) in [4.78, 5) is 35.9. The molecule has 2 aromatic rings. The highest BCUT2D eigenvalue weighted by Gasteiger charge is 2.41. The Bertz CT molecular complexity index is 987. The summed E-state index contributed by atoms with van der Waals surface area (Å²) >= 11 is 0. The fourth-order valence-electron chi connectivity index (χ4n) is 4.54. The molecule has 8 heteroatoms. The van der Waals surface area contributed by atoms with Crippen LogP contribution >= 0.6 is 0 Å². The molecule has 4 rings (SSSR count). The predicted octanol–water partition coefficient (Wildman–Crippen LogP) is 2.40. The minimum Gasteiger partial charge on any atom is -0.480 e. The molecule has 2 aliphatic rings. The maximum absolute atomic E-state index is 12.6. The summed E-state index contributed by atoms with van der Waals surface area (Å²) in [7, 11) is 0. The minimum absolute atomic E-state index is 0.0605. The molecule has 8 nitrogen and oxygen atoms in total. The van der Waals surface area contributed by atoms with Gasteiger partial charge in [0.15, 0.2) is 0 Å². The van der Waals surface area contributed by atoms with Crippen molar-refractivity contribution in [1.29, 1.82) is 0 Å². The van der Waals surface area contributed by atoms with Crippen molar-refractivity contribution in [2.45, 2.75) is 43.2 Å². The van der Waals surface area contributed by atoms with Crippen LogP contribution in [0, 0.1) is 0 Å². The first-order chi connectivity index (χ1) is 15.4. The first-order valence-electron chi connectivity index (χ1n) is 10.7. The van der Waals surface area contributed by atoms with E-state index in [2.05, 4.69) is 22.8 Å². The van der Waals surface area contributed by atoms with Crippen molar-refractivity contribution in [2.24, 2.45) is 0 Å². The van der Waals surface area contributed by atoms with Crippen molar-refractivity contribution in [1.82, 2.24) is 10.6 Å². The number of aliphatic carboxylic acids is 1. The Morgan fingerprint density at radius 3 is 2.12 bits per heavy atom. The molecule has 32 heavy (non-hydrogen) atoms. The molecule has 4 N–H and O–H groups in total. The number of hydrogen-bond acceptors (Lipinski definition) is 5. The van der Waals surface area contributed by atoms with Crippen LogP contribution < -0.4 is 10.6 Å². The van der Waals surface area contributed by atoms with Gasteiger partial charge in [0, 0.05) is 12.3 Å². The van der Waals surface area contributed by atoms with Gasteiger partial charge in [-0.25, -0.2) is 9.59 Å². The molecular weight excluding hydrogens is 412 g/mol. The number of amides is 2. The number of nitrogens with one attached hydrogen (secondary N) is 2. The number of carbonyl (C=O) groups excluding carboxylic acids is 2. The van der Waals surface area contributed by atoms with E-state index < -0.39 is 36.2 Å². The molecule has 1 fully saturated rings. The average Bonchev–Trinajstić information content (AvgIpc) is 3.08. The number of fused-ring (bicyclic) bond motifs is 3. The van der Waals surface area contributed by atoms with Crippen LogP contribution in [0.1, 0.15) is 42.7 Å². The molecule has 0 spiro atoms. The molecule has 0 bridgehead atoms. The van der Waals surface area contributed by atoms with E-state index in [1.54, 1.807) is 0 Å². The topological polar surface area (TPSA) is 125 Å². The lowest BCUT2D eigenvalue weighted by molar-refractivity contribution is -0.143. The Labute approximate surface area is 185 Å². The van der Waals surface area contributed by atoms with Crippen molar-refractivity contribution in [3.63, 3.8) is 0 Å². The van der Waals surface area contributed by atoms with Gasteiger partial charge in [0.2, 0.25) is 5.91 Å². The standard InChI is InChI=1S/C24H26N2O6/c27-13-20(22(29)30)25-21(28)12-24(10-5-11-24)26-23(31)32-14-19-17-8-3-1-6-15(17)16-7-2-4-9-18(16)19/h1-4,6-9,19-20,27H,5,10-14H2,(H,25,28)(H,26,31)(H,29,30)/t20-/m1/s1. The Morgan fingerprint density at radius 2 is 1.62 bits per heavy atom. The molecule has 0 aliphatic heterocycles. The van der Waals surface area contributed by atoms with Gasteiger partial charge in [0.05, 0.1) is 12.1 Å². The molecule has 1 saturated carbocycles. The quantitative estimate of drug-likeness (QED) is 0.502. The van der Waals surface area contributed by atoms with E-state index in [1.165, 1.54) is 0 Å². The summed E-state index contributed by atoms with van der Waals surface area (Å²) in [6, 6.07) is 14.8. The lowest BCUT2D eigenvalue weighted by Gasteiger charge is -2.41. The van der Waals surface area contributed by atoms with Crippen LogP contribution in [0.2, 0.25) is 0 Å². The molecule has 0 aromatic heterocycles. The number of alkyl carbamates (subject to hydrolysis) is 1. The fraction of sp³-hybridized carbons (Fsp3) is 0.375.